The third kappa shape index (κ3) is 3.83. The lowest BCUT2D eigenvalue weighted by molar-refractivity contribution is -0.116. The van der Waals surface area contributed by atoms with Crippen LogP contribution < -0.4 is 5.32 Å². The van der Waals surface area contributed by atoms with Crippen LogP contribution in [0.15, 0.2) is 36.5 Å². The van der Waals surface area contributed by atoms with Crippen LogP contribution in [0.3, 0.4) is 0 Å². The van der Waals surface area contributed by atoms with Crippen molar-refractivity contribution in [3.63, 3.8) is 0 Å². The summed E-state index contributed by atoms with van der Waals surface area (Å²) in [5, 5.41) is 16.9. The molecule has 1 heterocycles. The molecule has 0 radical (unpaired) electrons. The predicted molar refractivity (Wildman–Crippen MR) is 86.1 cm³/mol. The van der Waals surface area contributed by atoms with Crippen LogP contribution in [-0.4, -0.2) is 27.3 Å². The van der Waals surface area contributed by atoms with Crippen molar-refractivity contribution in [3.05, 3.63) is 58.9 Å². The van der Waals surface area contributed by atoms with Crippen LogP contribution in [0.4, 0.5) is 0 Å². The highest BCUT2D eigenvalue weighted by atomic mass is 16.3. The molecule has 1 atom stereocenters. The fourth-order valence-corrected chi connectivity index (χ4v) is 2.17. The van der Waals surface area contributed by atoms with Crippen molar-refractivity contribution in [2.24, 2.45) is 7.05 Å². The molecule has 1 aromatic heterocycles. The summed E-state index contributed by atoms with van der Waals surface area (Å²) in [4.78, 5) is 11.8. The van der Waals surface area contributed by atoms with Crippen LogP contribution in [0.25, 0.3) is 6.08 Å². The molecule has 0 bridgehead atoms. The Morgan fingerprint density at radius 2 is 2.14 bits per heavy atom. The Bertz CT molecular complexity index is 689. The van der Waals surface area contributed by atoms with Gasteiger partial charge in [-0.3, -0.25) is 9.48 Å². The largest absolute Gasteiger partial charge is 0.387 e. The number of aliphatic hydroxyl groups is 1. The molecule has 5 nitrogen and oxygen atoms in total. The summed E-state index contributed by atoms with van der Waals surface area (Å²) in [5.74, 6) is -0.240. The first-order chi connectivity index (χ1) is 10.5. The fourth-order valence-electron chi connectivity index (χ4n) is 2.17. The monoisotopic (exact) mass is 299 g/mol. The molecule has 0 spiro atoms. The summed E-state index contributed by atoms with van der Waals surface area (Å²) in [7, 11) is 1.85. The van der Waals surface area contributed by atoms with Crippen LogP contribution >= 0.6 is 0 Å². The molecule has 0 saturated carbocycles. The van der Waals surface area contributed by atoms with Crippen molar-refractivity contribution in [1.82, 2.24) is 15.1 Å². The second kappa shape index (κ2) is 7.04. The van der Waals surface area contributed by atoms with Gasteiger partial charge in [-0.1, -0.05) is 24.3 Å². The van der Waals surface area contributed by atoms with Gasteiger partial charge in [0.25, 0.3) is 0 Å². The van der Waals surface area contributed by atoms with Gasteiger partial charge in [0, 0.05) is 30.9 Å². The van der Waals surface area contributed by atoms with E-state index in [-0.39, 0.29) is 12.5 Å². The molecule has 2 aromatic rings. The number of aliphatic hydroxyl groups excluding tert-OH is 1. The third-order valence-corrected chi connectivity index (χ3v) is 3.70. The van der Waals surface area contributed by atoms with Gasteiger partial charge in [-0.2, -0.15) is 5.10 Å². The summed E-state index contributed by atoms with van der Waals surface area (Å²) < 4.78 is 1.75. The fraction of sp³-hybridized carbons (Fsp3) is 0.294. The molecule has 1 unspecified atom stereocenters. The molecule has 5 heteroatoms. The number of carbonyl (C=O) groups is 1. The Balaban J connectivity index is 1.90. The molecule has 1 aromatic carbocycles. The number of carbonyl (C=O) groups excluding carboxylic acids is 1. The van der Waals surface area contributed by atoms with Gasteiger partial charge in [0.05, 0.1) is 12.3 Å². The summed E-state index contributed by atoms with van der Waals surface area (Å²) in [6.45, 7) is 4.05. The van der Waals surface area contributed by atoms with Crippen molar-refractivity contribution in [3.8, 4) is 0 Å². The lowest BCUT2D eigenvalue weighted by Gasteiger charge is -2.13. The van der Waals surface area contributed by atoms with E-state index in [1.165, 1.54) is 6.08 Å². The van der Waals surface area contributed by atoms with Crippen molar-refractivity contribution in [2.45, 2.75) is 20.0 Å². The topological polar surface area (TPSA) is 67.2 Å². The molecule has 116 valence electrons. The Hall–Kier alpha value is -2.40. The molecule has 0 fully saturated rings. The first kappa shape index (κ1) is 16.0. The maximum atomic E-state index is 11.8. The summed E-state index contributed by atoms with van der Waals surface area (Å²) in [5.41, 5.74) is 3.72. The van der Waals surface area contributed by atoms with E-state index in [0.29, 0.717) is 0 Å². The van der Waals surface area contributed by atoms with Gasteiger partial charge in [-0.25, -0.2) is 0 Å². The lowest BCUT2D eigenvalue weighted by atomic mass is 10.0. The van der Waals surface area contributed by atoms with Gasteiger partial charge in [-0.15, -0.1) is 0 Å². The third-order valence-electron chi connectivity index (χ3n) is 3.70. The summed E-state index contributed by atoms with van der Waals surface area (Å²) in [6.07, 6.45) is 4.17. The molecule has 0 saturated heterocycles. The molecular weight excluding hydrogens is 278 g/mol. The van der Waals surface area contributed by atoms with Gasteiger partial charge in [-0.05, 0) is 31.1 Å². The van der Waals surface area contributed by atoms with E-state index in [1.54, 1.807) is 17.0 Å². The predicted octanol–water partition coefficient (Wildman–Crippen LogP) is 1.90. The van der Waals surface area contributed by atoms with Crippen molar-refractivity contribution in [1.29, 1.82) is 0 Å². The molecular formula is C17H21N3O2. The minimum Gasteiger partial charge on any atom is -0.387 e. The average molecular weight is 299 g/mol. The van der Waals surface area contributed by atoms with E-state index in [9.17, 15) is 9.90 Å². The van der Waals surface area contributed by atoms with Crippen LogP contribution in [-0.2, 0) is 11.8 Å². The number of hydrogen-bond donors (Lipinski definition) is 2. The number of nitrogens with zero attached hydrogens (tertiary/aromatic N) is 2. The van der Waals surface area contributed by atoms with Gasteiger partial charge in [0.2, 0.25) is 5.91 Å². The molecule has 2 N–H and O–H groups in total. The van der Waals surface area contributed by atoms with E-state index >= 15 is 0 Å². The maximum Gasteiger partial charge on any atom is 0.244 e. The van der Waals surface area contributed by atoms with Gasteiger partial charge < -0.3 is 10.4 Å². The summed E-state index contributed by atoms with van der Waals surface area (Å²) >= 11 is 0. The van der Waals surface area contributed by atoms with Gasteiger partial charge >= 0.3 is 0 Å². The Morgan fingerprint density at radius 1 is 1.41 bits per heavy atom. The first-order valence-electron chi connectivity index (χ1n) is 7.17. The Morgan fingerprint density at radius 3 is 2.77 bits per heavy atom. The zero-order valence-electron chi connectivity index (χ0n) is 13.1. The second-order valence-electron chi connectivity index (χ2n) is 5.26. The number of aromatic nitrogens is 2. The van der Waals surface area contributed by atoms with Crippen molar-refractivity contribution < 1.29 is 9.90 Å². The molecule has 1 amide bonds. The number of nitrogens with one attached hydrogen (secondary N) is 1. The van der Waals surface area contributed by atoms with Crippen molar-refractivity contribution >= 4 is 12.0 Å². The highest BCUT2D eigenvalue weighted by molar-refractivity contribution is 5.91. The smallest absolute Gasteiger partial charge is 0.244 e. The lowest BCUT2D eigenvalue weighted by Crippen LogP contribution is -2.26. The van der Waals surface area contributed by atoms with Gasteiger partial charge in [0.1, 0.15) is 0 Å². The van der Waals surface area contributed by atoms with E-state index < -0.39 is 6.10 Å². The van der Waals surface area contributed by atoms with E-state index in [0.717, 1.165) is 22.4 Å². The molecule has 0 aliphatic heterocycles. The number of hydrogen-bond acceptors (Lipinski definition) is 3. The minimum atomic E-state index is -0.710. The van der Waals surface area contributed by atoms with Crippen LogP contribution in [0.5, 0.6) is 0 Å². The molecule has 2 rings (SSSR count). The quantitative estimate of drug-likeness (QED) is 0.829. The van der Waals surface area contributed by atoms with Crippen LogP contribution in [0.1, 0.15) is 28.5 Å². The summed E-state index contributed by atoms with van der Waals surface area (Å²) in [6, 6.07) is 7.59. The number of rotatable bonds is 5. The Kier molecular flexibility index (Phi) is 5.12. The SMILES string of the molecule is Cc1ccccc1C(O)CNC(=O)/C=C/c1cnn(C)c1C. The number of aryl methyl sites for hydroxylation is 2. The van der Waals surface area contributed by atoms with Gasteiger partial charge in [0.15, 0.2) is 0 Å². The first-order valence-corrected chi connectivity index (χ1v) is 7.17. The highest BCUT2D eigenvalue weighted by Crippen LogP contribution is 2.16. The molecule has 0 aliphatic carbocycles. The van der Waals surface area contributed by atoms with Crippen LogP contribution in [0.2, 0.25) is 0 Å². The van der Waals surface area contributed by atoms with E-state index in [1.807, 2.05) is 45.2 Å². The number of amides is 1. The molecule has 22 heavy (non-hydrogen) atoms. The zero-order chi connectivity index (χ0) is 16.1. The standard InChI is InChI=1S/C17H21N3O2/c1-12-6-4-5-7-15(12)16(21)11-18-17(22)9-8-14-10-19-20(3)13(14)2/h4-10,16,21H,11H2,1-3H3,(H,18,22)/b9-8+. The normalized spacial score (nSPS) is 12.5. The maximum absolute atomic E-state index is 11.8. The highest BCUT2D eigenvalue weighted by Gasteiger charge is 2.10. The van der Waals surface area contributed by atoms with Crippen molar-refractivity contribution in [2.75, 3.05) is 6.54 Å². The zero-order valence-corrected chi connectivity index (χ0v) is 13.1. The van der Waals surface area contributed by atoms with E-state index in [4.69, 9.17) is 0 Å². The van der Waals surface area contributed by atoms with E-state index in [2.05, 4.69) is 10.4 Å². The second-order valence-corrected chi connectivity index (χ2v) is 5.26. The Labute approximate surface area is 130 Å². The molecule has 0 aliphatic rings. The average Bonchev–Trinajstić information content (AvgIpc) is 2.82. The minimum absolute atomic E-state index is 0.181. The number of benzene rings is 1. The van der Waals surface area contributed by atoms with Crippen LogP contribution in [0, 0.1) is 13.8 Å².